The molecule has 94 valence electrons. The summed E-state index contributed by atoms with van der Waals surface area (Å²) in [6.07, 6.45) is 4.41. The summed E-state index contributed by atoms with van der Waals surface area (Å²) < 4.78 is 1.50. The smallest absolute Gasteiger partial charge is 0.259 e. The van der Waals surface area contributed by atoms with Gasteiger partial charge in [0.25, 0.3) is 5.88 Å². The largest absolute Gasteiger partial charge is 0.334 e. The minimum absolute atomic E-state index is 0.407. The average Bonchev–Trinajstić information content (AvgIpc) is 2.99. The van der Waals surface area contributed by atoms with Gasteiger partial charge in [-0.15, -0.1) is 0 Å². The second kappa shape index (κ2) is 4.81. The molecule has 0 bridgehead atoms. The molecule has 3 aromatic rings. The van der Waals surface area contributed by atoms with Crippen LogP contribution in [0.2, 0.25) is 0 Å². The van der Waals surface area contributed by atoms with E-state index in [0.29, 0.717) is 11.7 Å². The lowest BCUT2D eigenvalue weighted by Crippen LogP contribution is -2.09. The van der Waals surface area contributed by atoms with Gasteiger partial charge in [-0.05, 0) is 19.1 Å². The zero-order valence-electron chi connectivity index (χ0n) is 10.1. The van der Waals surface area contributed by atoms with E-state index in [2.05, 4.69) is 25.2 Å². The fraction of sp³-hybridized carbons (Fsp3) is 0.0833. The van der Waals surface area contributed by atoms with Crippen molar-refractivity contribution in [2.45, 2.75) is 6.92 Å². The number of oxime groups is 1. The first kappa shape index (κ1) is 11.3. The van der Waals surface area contributed by atoms with Crippen molar-refractivity contribution in [3.63, 3.8) is 0 Å². The first-order valence-electron chi connectivity index (χ1n) is 5.61. The van der Waals surface area contributed by atoms with E-state index in [1.54, 1.807) is 13.3 Å². The van der Waals surface area contributed by atoms with Crippen molar-refractivity contribution >= 4 is 16.7 Å². The summed E-state index contributed by atoms with van der Waals surface area (Å²) in [7, 11) is 0. The van der Waals surface area contributed by atoms with Gasteiger partial charge in [0, 0.05) is 0 Å². The average molecular weight is 254 g/mol. The van der Waals surface area contributed by atoms with Gasteiger partial charge in [-0.1, -0.05) is 17.3 Å². The summed E-state index contributed by atoms with van der Waals surface area (Å²) in [5.41, 5.74) is 0.807. The summed E-state index contributed by atoms with van der Waals surface area (Å²) in [5, 5.41) is 8.73. The van der Waals surface area contributed by atoms with Gasteiger partial charge in [-0.3, -0.25) is 0 Å². The molecule has 2 aromatic heterocycles. The lowest BCUT2D eigenvalue weighted by molar-refractivity contribution is 0.328. The monoisotopic (exact) mass is 254 g/mol. The molecule has 7 heteroatoms. The van der Waals surface area contributed by atoms with Crippen molar-refractivity contribution in [2.24, 2.45) is 5.16 Å². The molecule has 0 radical (unpaired) electrons. The molecular weight excluding hydrogens is 244 g/mol. The highest BCUT2D eigenvalue weighted by molar-refractivity contribution is 5.83. The Hall–Kier alpha value is -2.83. The topological polar surface area (TPSA) is 78.1 Å². The Morgan fingerprint density at radius 2 is 2.11 bits per heavy atom. The van der Waals surface area contributed by atoms with Gasteiger partial charge in [0.2, 0.25) is 0 Å². The van der Waals surface area contributed by atoms with Crippen molar-refractivity contribution in [3.8, 4) is 5.88 Å². The minimum Gasteiger partial charge on any atom is -0.334 e. The van der Waals surface area contributed by atoms with Gasteiger partial charge >= 0.3 is 0 Å². The lowest BCUT2D eigenvalue weighted by atomic mass is 10.2. The van der Waals surface area contributed by atoms with E-state index in [-0.39, 0.29) is 0 Å². The molecule has 3 rings (SSSR count). The first-order chi connectivity index (χ1) is 9.34. The highest BCUT2D eigenvalue weighted by Crippen LogP contribution is 2.20. The Morgan fingerprint density at radius 3 is 2.95 bits per heavy atom. The molecule has 19 heavy (non-hydrogen) atoms. The van der Waals surface area contributed by atoms with Crippen LogP contribution < -0.4 is 4.84 Å². The Kier molecular flexibility index (Phi) is 2.85. The van der Waals surface area contributed by atoms with Crippen LogP contribution in [-0.4, -0.2) is 30.6 Å². The van der Waals surface area contributed by atoms with Crippen LogP contribution in [0.3, 0.4) is 0 Å². The van der Waals surface area contributed by atoms with Gasteiger partial charge in [0.1, 0.15) is 19.0 Å². The number of fused-ring (bicyclic) bond motifs is 1. The quantitative estimate of drug-likeness (QED) is 0.393. The third-order valence-electron chi connectivity index (χ3n) is 2.52. The van der Waals surface area contributed by atoms with Crippen LogP contribution in [0.25, 0.3) is 10.9 Å². The molecule has 0 unspecified atom stereocenters. The van der Waals surface area contributed by atoms with E-state index in [1.807, 2.05) is 24.3 Å². The second-order valence-electron chi connectivity index (χ2n) is 3.77. The molecule has 0 aliphatic heterocycles. The van der Waals surface area contributed by atoms with Crippen LogP contribution in [0.1, 0.15) is 6.92 Å². The number of hydrogen-bond acceptors (Lipinski definition) is 6. The van der Waals surface area contributed by atoms with Gasteiger partial charge in [-0.2, -0.15) is 10.1 Å². The van der Waals surface area contributed by atoms with Crippen LogP contribution in [-0.2, 0) is 0 Å². The van der Waals surface area contributed by atoms with E-state index in [9.17, 15) is 0 Å². The van der Waals surface area contributed by atoms with E-state index < -0.39 is 0 Å². The molecule has 2 heterocycles. The van der Waals surface area contributed by atoms with Crippen LogP contribution >= 0.6 is 0 Å². The zero-order valence-corrected chi connectivity index (χ0v) is 10.1. The van der Waals surface area contributed by atoms with E-state index in [4.69, 9.17) is 4.84 Å². The van der Waals surface area contributed by atoms with E-state index in [0.717, 1.165) is 10.9 Å². The zero-order chi connectivity index (χ0) is 13.1. The third kappa shape index (κ3) is 2.25. The molecule has 0 aliphatic rings. The van der Waals surface area contributed by atoms with Gasteiger partial charge < -0.3 is 4.84 Å². The Balaban J connectivity index is 1.92. The Morgan fingerprint density at radius 1 is 1.21 bits per heavy atom. The highest BCUT2D eigenvalue weighted by Gasteiger charge is 2.04. The van der Waals surface area contributed by atoms with Crippen molar-refractivity contribution in [3.05, 3.63) is 43.2 Å². The van der Waals surface area contributed by atoms with Crippen LogP contribution in [0.15, 0.2) is 48.4 Å². The predicted octanol–water partition coefficient (Wildman–Crippen LogP) is 1.48. The maximum Gasteiger partial charge on any atom is 0.259 e. The number of rotatable bonds is 2. The summed E-state index contributed by atoms with van der Waals surface area (Å²) in [5.74, 6) is 0.963. The summed E-state index contributed by atoms with van der Waals surface area (Å²) in [4.78, 5) is 17.4. The van der Waals surface area contributed by atoms with Crippen LogP contribution in [0.5, 0.6) is 5.88 Å². The van der Waals surface area contributed by atoms with Crippen molar-refractivity contribution in [1.82, 2.24) is 24.7 Å². The molecule has 0 spiro atoms. The molecule has 0 saturated heterocycles. The Labute approximate surface area is 108 Å². The number of benzene rings is 1. The van der Waals surface area contributed by atoms with Gasteiger partial charge in [-0.25, -0.2) is 14.6 Å². The van der Waals surface area contributed by atoms with E-state index >= 15 is 0 Å². The number of para-hydroxylation sites is 1. The standard InChI is InChI=1S/C12H10N6O/c1-9(18-8-13-6-16-18)17-19-12-10-4-2-3-5-11(10)14-7-15-12/h2-8H,1H3/b17-9+. The summed E-state index contributed by atoms with van der Waals surface area (Å²) in [6.45, 7) is 1.76. The molecule has 0 fully saturated rings. The van der Waals surface area contributed by atoms with Crippen LogP contribution in [0, 0.1) is 0 Å². The van der Waals surface area contributed by atoms with Crippen molar-refractivity contribution in [2.75, 3.05) is 0 Å². The Bertz CT molecular complexity index is 717. The molecule has 0 atom stereocenters. The number of aromatic nitrogens is 5. The highest BCUT2D eigenvalue weighted by atomic mass is 16.6. The van der Waals surface area contributed by atoms with Crippen LogP contribution in [0.4, 0.5) is 0 Å². The second-order valence-corrected chi connectivity index (χ2v) is 3.77. The summed E-state index contributed by atoms with van der Waals surface area (Å²) >= 11 is 0. The maximum atomic E-state index is 5.35. The fourth-order valence-corrected chi connectivity index (χ4v) is 1.58. The van der Waals surface area contributed by atoms with Crippen molar-refractivity contribution < 1.29 is 4.84 Å². The van der Waals surface area contributed by atoms with E-state index in [1.165, 1.54) is 17.3 Å². The maximum absolute atomic E-state index is 5.35. The lowest BCUT2D eigenvalue weighted by Gasteiger charge is -2.03. The third-order valence-corrected chi connectivity index (χ3v) is 2.52. The minimum atomic E-state index is 0.407. The predicted molar refractivity (Wildman–Crippen MR) is 68.7 cm³/mol. The van der Waals surface area contributed by atoms with Gasteiger partial charge in [0.05, 0.1) is 10.9 Å². The summed E-state index contributed by atoms with van der Waals surface area (Å²) in [6, 6.07) is 7.57. The molecule has 0 aliphatic carbocycles. The molecule has 7 nitrogen and oxygen atoms in total. The number of hydrogen-bond donors (Lipinski definition) is 0. The molecule has 0 N–H and O–H groups in total. The fourth-order valence-electron chi connectivity index (χ4n) is 1.58. The molecule has 0 saturated carbocycles. The first-order valence-corrected chi connectivity index (χ1v) is 5.61. The molecular formula is C12H10N6O. The molecule has 0 amide bonds. The molecule has 1 aromatic carbocycles. The van der Waals surface area contributed by atoms with Crippen molar-refractivity contribution in [1.29, 1.82) is 0 Å². The SMILES string of the molecule is C/C(=N\Oc1ncnc2ccccc12)n1cncn1. The normalized spacial score (nSPS) is 11.7. The van der Waals surface area contributed by atoms with Gasteiger partial charge in [0.15, 0.2) is 5.84 Å². The number of nitrogens with zero attached hydrogens (tertiary/aromatic N) is 6.